The van der Waals surface area contributed by atoms with Gasteiger partial charge in [-0.3, -0.25) is 4.79 Å². The Bertz CT molecular complexity index is 555. The highest BCUT2D eigenvalue weighted by Crippen LogP contribution is 2.25. The molecule has 0 aliphatic carbocycles. The monoisotopic (exact) mass is 240 g/mol. The Labute approximate surface area is 109 Å². The van der Waals surface area contributed by atoms with Crippen LogP contribution in [0.3, 0.4) is 0 Å². The number of hydrogen-bond donors (Lipinski definition) is 0. The number of carbonyl (C=O) groups is 1. The van der Waals surface area contributed by atoms with E-state index in [2.05, 4.69) is 26.0 Å². The van der Waals surface area contributed by atoms with E-state index in [1.807, 2.05) is 18.2 Å². The summed E-state index contributed by atoms with van der Waals surface area (Å²) in [4.78, 5) is 10.9. The highest BCUT2D eigenvalue weighted by atomic mass is 16.1. The number of rotatable bonds is 5. The number of aryl methyl sites for hydroxylation is 2. The van der Waals surface area contributed by atoms with Gasteiger partial charge in [0.2, 0.25) is 0 Å². The molecule has 0 aromatic heterocycles. The third-order valence-electron chi connectivity index (χ3n) is 3.41. The number of aldehydes is 1. The summed E-state index contributed by atoms with van der Waals surface area (Å²) in [7, 11) is 0. The molecule has 2 aromatic carbocycles. The van der Waals surface area contributed by atoms with E-state index < -0.39 is 0 Å². The Morgan fingerprint density at radius 1 is 1.00 bits per heavy atom. The molecule has 94 valence electrons. The molecule has 0 aliphatic rings. The van der Waals surface area contributed by atoms with Crippen molar-refractivity contribution in [3.05, 3.63) is 47.0 Å². The minimum atomic E-state index is 0.772. The van der Waals surface area contributed by atoms with Crippen LogP contribution in [0.5, 0.6) is 0 Å². The number of fused-ring (bicyclic) bond motifs is 1. The van der Waals surface area contributed by atoms with Gasteiger partial charge in [0.1, 0.15) is 6.29 Å². The van der Waals surface area contributed by atoms with Crippen molar-refractivity contribution in [3.63, 3.8) is 0 Å². The van der Waals surface area contributed by atoms with Crippen LogP contribution in [-0.4, -0.2) is 6.29 Å². The van der Waals surface area contributed by atoms with E-state index in [0.29, 0.717) is 0 Å². The predicted molar refractivity (Wildman–Crippen MR) is 77.3 cm³/mol. The minimum Gasteiger partial charge on any atom is -0.298 e. The molecule has 0 aliphatic heterocycles. The molecule has 0 N–H and O–H groups in total. The molecule has 0 atom stereocenters. The summed E-state index contributed by atoms with van der Waals surface area (Å²) < 4.78 is 0. The van der Waals surface area contributed by atoms with Crippen LogP contribution in [0.2, 0.25) is 0 Å². The zero-order chi connectivity index (χ0) is 13.0. The Hall–Kier alpha value is -1.63. The van der Waals surface area contributed by atoms with Crippen molar-refractivity contribution in [1.82, 2.24) is 0 Å². The predicted octanol–water partition coefficient (Wildman–Crippen LogP) is 4.56. The fourth-order valence-electron chi connectivity index (χ4n) is 2.57. The molecule has 1 nitrogen and oxygen atoms in total. The third-order valence-corrected chi connectivity index (χ3v) is 3.41. The van der Waals surface area contributed by atoms with Crippen molar-refractivity contribution in [3.8, 4) is 0 Å². The van der Waals surface area contributed by atoms with Crippen LogP contribution in [0.4, 0.5) is 0 Å². The first kappa shape index (κ1) is 12.8. The average Bonchev–Trinajstić information content (AvgIpc) is 2.41. The Balaban J connectivity index is 2.65. The Morgan fingerprint density at radius 2 is 1.72 bits per heavy atom. The summed E-state index contributed by atoms with van der Waals surface area (Å²) in [5, 5.41) is 2.50. The summed E-state index contributed by atoms with van der Waals surface area (Å²) in [5.41, 5.74) is 3.64. The number of benzene rings is 2. The normalized spacial score (nSPS) is 10.8. The highest BCUT2D eigenvalue weighted by molar-refractivity contribution is 5.91. The second-order valence-electron chi connectivity index (χ2n) is 4.80. The summed E-state index contributed by atoms with van der Waals surface area (Å²) in [6.45, 7) is 4.42. The van der Waals surface area contributed by atoms with Gasteiger partial charge in [0.15, 0.2) is 0 Å². The molecule has 0 spiro atoms. The Kier molecular flexibility index (Phi) is 4.14. The van der Waals surface area contributed by atoms with Crippen LogP contribution in [0.1, 0.15) is 48.2 Å². The van der Waals surface area contributed by atoms with Crippen molar-refractivity contribution < 1.29 is 4.79 Å². The van der Waals surface area contributed by atoms with Gasteiger partial charge in [-0.1, -0.05) is 51.0 Å². The van der Waals surface area contributed by atoms with Gasteiger partial charge in [0, 0.05) is 5.56 Å². The van der Waals surface area contributed by atoms with Crippen molar-refractivity contribution >= 4 is 17.1 Å². The zero-order valence-electron chi connectivity index (χ0n) is 11.2. The van der Waals surface area contributed by atoms with Crippen LogP contribution in [0.15, 0.2) is 30.3 Å². The van der Waals surface area contributed by atoms with Gasteiger partial charge < -0.3 is 0 Å². The topological polar surface area (TPSA) is 17.1 Å². The van der Waals surface area contributed by atoms with Crippen LogP contribution < -0.4 is 0 Å². The summed E-state index contributed by atoms with van der Waals surface area (Å²) in [6, 6.07) is 10.4. The van der Waals surface area contributed by atoms with Gasteiger partial charge in [0.05, 0.1) is 0 Å². The lowest BCUT2D eigenvalue weighted by Gasteiger charge is -2.12. The lowest BCUT2D eigenvalue weighted by Crippen LogP contribution is -1.96. The van der Waals surface area contributed by atoms with Gasteiger partial charge in [-0.2, -0.15) is 0 Å². The fourth-order valence-corrected chi connectivity index (χ4v) is 2.57. The molecule has 1 heteroatoms. The maximum Gasteiger partial charge on any atom is 0.150 e. The molecule has 0 heterocycles. The first-order chi connectivity index (χ1) is 8.80. The largest absolute Gasteiger partial charge is 0.298 e. The lowest BCUT2D eigenvalue weighted by atomic mass is 9.92. The first-order valence-electron chi connectivity index (χ1n) is 6.79. The van der Waals surface area contributed by atoms with E-state index in [4.69, 9.17) is 0 Å². The van der Waals surface area contributed by atoms with E-state index in [1.165, 1.54) is 21.9 Å². The molecule has 0 fully saturated rings. The van der Waals surface area contributed by atoms with Gasteiger partial charge >= 0.3 is 0 Å². The molecule has 2 rings (SSSR count). The summed E-state index contributed by atoms with van der Waals surface area (Å²) in [5.74, 6) is 0. The molecule has 0 saturated carbocycles. The van der Waals surface area contributed by atoms with E-state index >= 15 is 0 Å². The molecule has 18 heavy (non-hydrogen) atoms. The molecule has 0 amide bonds. The van der Waals surface area contributed by atoms with Crippen LogP contribution in [0, 0.1) is 0 Å². The number of hydrogen-bond acceptors (Lipinski definition) is 1. The third kappa shape index (κ3) is 2.45. The molecule has 0 unspecified atom stereocenters. The standard InChI is InChI=1S/C17H20O/c1-3-5-14-9-10-15-8-7-13(12-18)11-17(15)16(14)6-4-2/h7-12H,3-6H2,1-2H3. The fraction of sp³-hybridized carbons (Fsp3) is 0.353. The second kappa shape index (κ2) is 5.81. The lowest BCUT2D eigenvalue weighted by molar-refractivity contribution is 0.112. The van der Waals surface area contributed by atoms with Crippen molar-refractivity contribution in [2.24, 2.45) is 0 Å². The number of carbonyl (C=O) groups excluding carboxylic acids is 1. The van der Waals surface area contributed by atoms with Crippen LogP contribution in [-0.2, 0) is 12.8 Å². The second-order valence-corrected chi connectivity index (χ2v) is 4.80. The van der Waals surface area contributed by atoms with Crippen molar-refractivity contribution in [1.29, 1.82) is 0 Å². The van der Waals surface area contributed by atoms with Gasteiger partial charge in [-0.25, -0.2) is 0 Å². The van der Waals surface area contributed by atoms with Crippen LogP contribution >= 0.6 is 0 Å². The van der Waals surface area contributed by atoms with Gasteiger partial charge in [-0.15, -0.1) is 0 Å². The highest BCUT2D eigenvalue weighted by Gasteiger charge is 2.07. The maximum absolute atomic E-state index is 10.9. The average molecular weight is 240 g/mol. The summed E-state index contributed by atoms with van der Waals surface area (Å²) in [6.07, 6.45) is 5.45. The minimum absolute atomic E-state index is 0.772. The molecule has 0 bridgehead atoms. The quantitative estimate of drug-likeness (QED) is 0.700. The van der Waals surface area contributed by atoms with E-state index in [0.717, 1.165) is 37.5 Å². The molecular weight excluding hydrogens is 220 g/mol. The van der Waals surface area contributed by atoms with Crippen molar-refractivity contribution in [2.75, 3.05) is 0 Å². The molecule has 0 radical (unpaired) electrons. The zero-order valence-corrected chi connectivity index (χ0v) is 11.2. The van der Waals surface area contributed by atoms with E-state index in [9.17, 15) is 4.79 Å². The van der Waals surface area contributed by atoms with Crippen molar-refractivity contribution in [2.45, 2.75) is 39.5 Å². The van der Waals surface area contributed by atoms with Crippen LogP contribution in [0.25, 0.3) is 10.8 Å². The first-order valence-corrected chi connectivity index (χ1v) is 6.79. The molecule has 2 aromatic rings. The molecular formula is C17H20O. The Morgan fingerprint density at radius 3 is 2.39 bits per heavy atom. The van der Waals surface area contributed by atoms with E-state index in [-0.39, 0.29) is 0 Å². The molecule has 0 saturated heterocycles. The smallest absolute Gasteiger partial charge is 0.150 e. The van der Waals surface area contributed by atoms with Gasteiger partial charge in [0.25, 0.3) is 0 Å². The SMILES string of the molecule is CCCc1ccc2ccc(C=O)cc2c1CCC. The maximum atomic E-state index is 10.9. The summed E-state index contributed by atoms with van der Waals surface area (Å²) >= 11 is 0. The van der Waals surface area contributed by atoms with Gasteiger partial charge in [-0.05, 0) is 40.8 Å². The van der Waals surface area contributed by atoms with E-state index in [1.54, 1.807) is 0 Å².